The minimum Gasteiger partial charge on any atom is -0.494 e. The Morgan fingerprint density at radius 3 is 1.45 bits per heavy atom. The second kappa shape index (κ2) is 28.2. The summed E-state index contributed by atoms with van der Waals surface area (Å²) in [4.78, 5) is 52.3. The van der Waals surface area contributed by atoms with Gasteiger partial charge in [-0.25, -0.2) is 19.2 Å². The number of ether oxygens (including phenoxy) is 9. The van der Waals surface area contributed by atoms with Crippen LogP contribution in [0.3, 0.4) is 0 Å². The number of aryl methyl sites for hydroxylation is 1. The summed E-state index contributed by atoms with van der Waals surface area (Å²) < 4.78 is 51.7. The molecule has 2 saturated carbocycles. The van der Waals surface area contributed by atoms with Crippen molar-refractivity contribution in [2.24, 2.45) is 11.8 Å². The zero-order valence-electron chi connectivity index (χ0n) is 46.2. The van der Waals surface area contributed by atoms with E-state index in [2.05, 4.69) is 0 Å². The van der Waals surface area contributed by atoms with Crippen LogP contribution in [0.2, 0.25) is 0 Å². The Kier molecular flexibility index (Phi) is 19.9. The van der Waals surface area contributed by atoms with Crippen LogP contribution >= 0.6 is 0 Å². The van der Waals surface area contributed by atoms with Gasteiger partial charge < -0.3 is 42.6 Å². The fourth-order valence-corrected chi connectivity index (χ4v) is 11.1. The smallest absolute Gasteiger partial charge is 0.343 e. The molecule has 2 aliphatic heterocycles. The van der Waals surface area contributed by atoms with E-state index in [9.17, 15) is 19.2 Å². The molecule has 6 aromatic carbocycles. The third-order valence-electron chi connectivity index (χ3n) is 15.9. The van der Waals surface area contributed by atoms with E-state index in [0.29, 0.717) is 82.4 Å². The van der Waals surface area contributed by atoms with Crippen LogP contribution in [0.4, 0.5) is 0 Å². The van der Waals surface area contributed by atoms with Crippen LogP contribution in [0.1, 0.15) is 157 Å². The van der Waals surface area contributed by atoms with Crippen molar-refractivity contribution >= 4 is 45.4 Å². The van der Waals surface area contributed by atoms with Crippen molar-refractivity contribution in [3.05, 3.63) is 149 Å². The number of unbranched alkanes of at least 4 members (excludes halogenated alkanes) is 8. The van der Waals surface area contributed by atoms with Gasteiger partial charge in [0.05, 0.1) is 53.3 Å². The maximum absolute atomic E-state index is 13.2. The van der Waals surface area contributed by atoms with Crippen LogP contribution in [0.5, 0.6) is 17.2 Å². The standard InChI is InChI=1S/C67H76O13/c1-45(76-67(71)56-22-20-54-41-58(30-26-52(54)39-56)77-65(69)49-17-13-46(14-18-49)12-8-4-7-10-34-73-44-48-16-32-61-63(37-48)80-61)42-75-64(68)55-21-19-53-40-59(29-25-51(53)38-55)78-66(70)50-23-27-57(28-24-50)74-35-11-6-3-2-5-9-33-72-43-47-15-31-60-62(36-47)79-60/h13-14,17-30,38-41,45,47-48,60-63H,2-12,15-16,31-37,42-44H2,1H3. The molecule has 2 heterocycles. The molecule has 13 nitrogen and oxygen atoms in total. The van der Waals surface area contributed by atoms with Crippen molar-refractivity contribution in [1.82, 2.24) is 0 Å². The lowest BCUT2D eigenvalue weighted by Gasteiger charge is -2.18. The van der Waals surface area contributed by atoms with Crippen LogP contribution in [-0.4, -0.2) is 94.0 Å². The first-order chi connectivity index (χ1) is 39.1. The third kappa shape index (κ3) is 16.7. The van der Waals surface area contributed by atoms with E-state index < -0.39 is 30.0 Å². The van der Waals surface area contributed by atoms with Gasteiger partial charge in [0.2, 0.25) is 0 Å². The topological polar surface area (TPSA) is 158 Å². The highest BCUT2D eigenvalue weighted by Gasteiger charge is 2.44. The summed E-state index contributed by atoms with van der Waals surface area (Å²) in [6.45, 7) is 5.54. The maximum Gasteiger partial charge on any atom is 0.343 e. The van der Waals surface area contributed by atoms with Gasteiger partial charge in [-0.15, -0.1) is 0 Å². The summed E-state index contributed by atoms with van der Waals surface area (Å²) >= 11 is 0. The minimum atomic E-state index is -0.730. The molecule has 4 aliphatic rings. The number of hydrogen-bond acceptors (Lipinski definition) is 13. The van der Waals surface area contributed by atoms with Crippen LogP contribution in [0.15, 0.2) is 121 Å². The zero-order chi connectivity index (χ0) is 55.0. The van der Waals surface area contributed by atoms with E-state index in [1.165, 1.54) is 56.9 Å². The number of hydrogen-bond donors (Lipinski definition) is 0. The summed E-state index contributed by atoms with van der Waals surface area (Å²) in [6, 6.07) is 35.2. The van der Waals surface area contributed by atoms with Crippen molar-refractivity contribution in [3.63, 3.8) is 0 Å². The lowest BCUT2D eigenvalue weighted by Crippen LogP contribution is -2.22. The van der Waals surface area contributed by atoms with Crippen molar-refractivity contribution in [3.8, 4) is 17.2 Å². The summed E-state index contributed by atoms with van der Waals surface area (Å²) in [5, 5.41) is 3.06. The molecular weight excluding hydrogens is 1010 g/mol. The fourth-order valence-electron chi connectivity index (χ4n) is 11.1. The summed E-state index contributed by atoms with van der Waals surface area (Å²) in [6.07, 6.45) is 20.8. The van der Waals surface area contributed by atoms with E-state index in [1.54, 1.807) is 104 Å². The molecule has 422 valence electrons. The highest BCUT2D eigenvalue weighted by atomic mass is 16.6. The van der Waals surface area contributed by atoms with Crippen molar-refractivity contribution in [2.75, 3.05) is 39.6 Å². The number of benzene rings is 6. The van der Waals surface area contributed by atoms with Gasteiger partial charge in [-0.2, -0.15) is 0 Å². The molecule has 6 aromatic rings. The average Bonchev–Trinajstić information content (AvgIpc) is 4.44. The zero-order valence-corrected chi connectivity index (χ0v) is 46.2. The molecule has 0 amide bonds. The first kappa shape index (κ1) is 56.6. The minimum absolute atomic E-state index is 0.154. The fraction of sp³-hybridized carbons (Fsp3) is 0.463. The molecule has 0 bridgehead atoms. The Labute approximate surface area is 469 Å². The molecular formula is C67H76O13. The van der Waals surface area contributed by atoms with Crippen LogP contribution in [-0.2, 0) is 34.8 Å². The molecule has 2 aliphatic carbocycles. The second-order valence-electron chi connectivity index (χ2n) is 22.3. The Bertz CT molecular complexity index is 3030. The molecule has 0 N–H and O–H groups in total. The number of epoxide rings is 2. The van der Waals surface area contributed by atoms with E-state index in [4.69, 9.17) is 42.6 Å². The van der Waals surface area contributed by atoms with Crippen LogP contribution < -0.4 is 14.2 Å². The summed E-state index contributed by atoms with van der Waals surface area (Å²) in [5.74, 6) is 0.728. The first-order valence-corrected chi connectivity index (χ1v) is 29.3. The molecule has 80 heavy (non-hydrogen) atoms. The number of fused-ring (bicyclic) bond motifs is 4. The number of rotatable bonds is 30. The van der Waals surface area contributed by atoms with Gasteiger partial charge in [-0.1, -0.05) is 74.9 Å². The van der Waals surface area contributed by atoms with E-state index in [0.717, 1.165) is 106 Å². The highest BCUT2D eigenvalue weighted by Crippen LogP contribution is 2.40. The second-order valence-corrected chi connectivity index (χ2v) is 22.3. The molecule has 4 fully saturated rings. The van der Waals surface area contributed by atoms with Crippen molar-refractivity contribution in [2.45, 2.75) is 147 Å². The lowest BCUT2D eigenvalue weighted by molar-refractivity contribution is 0.00450. The lowest BCUT2D eigenvalue weighted by atomic mass is 9.90. The summed E-state index contributed by atoms with van der Waals surface area (Å²) in [5.41, 5.74) is 2.71. The monoisotopic (exact) mass is 1090 g/mol. The Morgan fingerprint density at radius 1 is 0.450 bits per heavy atom. The quantitative estimate of drug-likeness (QED) is 0.0182. The van der Waals surface area contributed by atoms with Crippen molar-refractivity contribution < 1.29 is 61.8 Å². The molecule has 10 rings (SSSR count). The van der Waals surface area contributed by atoms with Gasteiger partial charge in [-0.05, 0) is 201 Å². The predicted octanol–water partition coefficient (Wildman–Crippen LogP) is 13.8. The number of esters is 4. The molecule has 2 saturated heterocycles. The Balaban J connectivity index is 0.582. The number of carbonyl (C=O) groups excluding carboxylic acids is 4. The van der Waals surface area contributed by atoms with Gasteiger partial charge >= 0.3 is 23.9 Å². The first-order valence-electron chi connectivity index (χ1n) is 29.3. The SMILES string of the molecule is CC(COC(=O)c1ccc2cc(OC(=O)c3ccc(OCCCCCCCCOCC4CCC5OC5C4)cc3)ccc2c1)OC(=O)c1ccc2cc(OC(=O)c3ccc(CCCCCCOCC4CCC5OC5C4)cc3)ccc2c1. The normalized spacial score (nSPS) is 20.3. The highest BCUT2D eigenvalue weighted by molar-refractivity contribution is 5.98. The molecule has 0 radical (unpaired) electrons. The van der Waals surface area contributed by atoms with E-state index in [1.807, 2.05) is 24.3 Å². The van der Waals surface area contributed by atoms with Gasteiger partial charge in [0.25, 0.3) is 0 Å². The summed E-state index contributed by atoms with van der Waals surface area (Å²) in [7, 11) is 0. The maximum atomic E-state index is 13.2. The van der Waals surface area contributed by atoms with Gasteiger partial charge in [-0.3, -0.25) is 0 Å². The predicted molar refractivity (Wildman–Crippen MR) is 305 cm³/mol. The largest absolute Gasteiger partial charge is 0.494 e. The molecule has 0 aromatic heterocycles. The van der Waals surface area contributed by atoms with E-state index >= 15 is 0 Å². The molecule has 7 atom stereocenters. The molecule has 7 unspecified atom stereocenters. The Hall–Kier alpha value is -6.64. The van der Waals surface area contributed by atoms with Crippen LogP contribution in [0, 0.1) is 11.8 Å². The Morgan fingerprint density at radius 2 is 0.900 bits per heavy atom. The molecule has 0 spiro atoms. The van der Waals surface area contributed by atoms with Crippen LogP contribution in [0.25, 0.3) is 21.5 Å². The third-order valence-corrected chi connectivity index (χ3v) is 15.9. The van der Waals surface area contributed by atoms with Gasteiger partial charge in [0.1, 0.15) is 30.0 Å². The van der Waals surface area contributed by atoms with E-state index in [-0.39, 0.29) is 6.61 Å². The van der Waals surface area contributed by atoms with Gasteiger partial charge in [0.15, 0.2) is 0 Å². The van der Waals surface area contributed by atoms with Crippen molar-refractivity contribution in [1.29, 1.82) is 0 Å². The number of carbonyl (C=O) groups is 4. The van der Waals surface area contributed by atoms with Gasteiger partial charge in [0, 0.05) is 26.4 Å². The molecule has 13 heteroatoms. The average molecular weight is 1090 g/mol.